The normalized spacial score (nSPS) is 9.69. The Kier molecular flexibility index (Phi) is 3.39. The summed E-state index contributed by atoms with van der Waals surface area (Å²) in [6.45, 7) is 0. The third-order valence-corrected chi connectivity index (χ3v) is 1.99. The van der Waals surface area contributed by atoms with Crippen molar-refractivity contribution in [1.82, 2.24) is 0 Å². The highest BCUT2D eigenvalue weighted by molar-refractivity contribution is 5.69. The van der Waals surface area contributed by atoms with Crippen LogP contribution in [0.2, 0.25) is 0 Å². The highest BCUT2D eigenvalue weighted by Crippen LogP contribution is 2.48. The molecule has 0 saturated carbocycles. The van der Waals surface area contributed by atoms with Crippen LogP contribution < -0.4 is 14.2 Å². The Bertz CT molecular complexity index is 417. The van der Waals surface area contributed by atoms with Gasteiger partial charge in [-0.05, 0) is 0 Å². The summed E-state index contributed by atoms with van der Waals surface area (Å²) < 4.78 is 14.5. The van der Waals surface area contributed by atoms with E-state index < -0.39 is 16.4 Å². The first-order chi connectivity index (χ1) is 7.56. The van der Waals surface area contributed by atoms with E-state index in [1.807, 2.05) is 0 Å². The van der Waals surface area contributed by atoms with E-state index in [0.717, 1.165) is 0 Å². The minimum absolute atomic E-state index is 0.0515. The van der Waals surface area contributed by atoms with Gasteiger partial charge in [0.15, 0.2) is 11.5 Å². The molecular formula is C9H11NO6. The van der Waals surface area contributed by atoms with Crippen molar-refractivity contribution in [2.24, 2.45) is 0 Å². The Balaban J connectivity index is 3.57. The largest absolute Gasteiger partial charge is 0.499 e. The fourth-order valence-corrected chi connectivity index (χ4v) is 1.27. The van der Waals surface area contributed by atoms with Crippen molar-refractivity contribution in [1.29, 1.82) is 0 Å². The number of nitro benzene ring substituents is 1. The minimum Gasteiger partial charge on any atom is -0.499 e. The first-order valence-corrected chi connectivity index (χ1v) is 4.23. The van der Waals surface area contributed by atoms with Gasteiger partial charge < -0.3 is 19.3 Å². The van der Waals surface area contributed by atoms with E-state index in [4.69, 9.17) is 14.2 Å². The summed E-state index contributed by atoms with van der Waals surface area (Å²) >= 11 is 0. The van der Waals surface area contributed by atoms with Gasteiger partial charge in [0.1, 0.15) is 0 Å². The smallest absolute Gasteiger partial charge is 0.359 e. The topological polar surface area (TPSA) is 91.1 Å². The molecule has 0 heterocycles. The van der Waals surface area contributed by atoms with Crippen LogP contribution in [0.5, 0.6) is 23.0 Å². The maximum Gasteiger partial charge on any atom is 0.359 e. The number of nitro groups is 1. The lowest BCUT2D eigenvalue weighted by Gasteiger charge is -2.11. The molecule has 1 rings (SSSR count). The number of aromatic hydroxyl groups is 1. The maximum absolute atomic E-state index is 10.8. The molecule has 0 aromatic heterocycles. The minimum atomic E-state index is -0.765. The zero-order valence-corrected chi connectivity index (χ0v) is 9.01. The second kappa shape index (κ2) is 4.56. The van der Waals surface area contributed by atoms with Gasteiger partial charge >= 0.3 is 5.69 Å². The molecule has 0 fully saturated rings. The molecule has 0 amide bonds. The van der Waals surface area contributed by atoms with E-state index in [1.165, 1.54) is 27.4 Å². The second-order valence-corrected chi connectivity index (χ2v) is 2.77. The van der Waals surface area contributed by atoms with E-state index in [1.54, 1.807) is 0 Å². The predicted molar refractivity (Wildman–Crippen MR) is 54.4 cm³/mol. The van der Waals surface area contributed by atoms with Crippen LogP contribution in [-0.2, 0) is 0 Å². The Hall–Kier alpha value is -2.18. The third kappa shape index (κ3) is 1.79. The molecule has 0 bridgehead atoms. The SMILES string of the molecule is COc1cc(OC)c(OC)c([N+](=O)[O-])c1O. The Morgan fingerprint density at radius 3 is 2.12 bits per heavy atom. The number of ether oxygens (including phenoxy) is 3. The molecule has 0 atom stereocenters. The molecule has 0 aliphatic rings. The first-order valence-electron chi connectivity index (χ1n) is 4.23. The van der Waals surface area contributed by atoms with E-state index >= 15 is 0 Å². The number of methoxy groups -OCH3 is 3. The molecule has 0 saturated heterocycles. The first kappa shape index (κ1) is 11.9. The van der Waals surface area contributed by atoms with Gasteiger partial charge in [-0.15, -0.1) is 0 Å². The quantitative estimate of drug-likeness (QED) is 0.618. The van der Waals surface area contributed by atoms with Gasteiger partial charge in [0.05, 0.1) is 26.3 Å². The predicted octanol–water partition coefficient (Wildman–Crippen LogP) is 1.33. The van der Waals surface area contributed by atoms with Gasteiger partial charge in [0, 0.05) is 6.07 Å². The molecule has 0 unspecified atom stereocenters. The Morgan fingerprint density at radius 2 is 1.75 bits per heavy atom. The van der Waals surface area contributed by atoms with Crippen LogP contribution in [0.25, 0.3) is 0 Å². The van der Waals surface area contributed by atoms with Crippen molar-refractivity contribution in [3.8, 4) is 23.0 Å². The van der Waals surface area contributed by atoms with Crippen molar-refractivity contribution in [2.75, 3.05) is 21.3 Å². The van der Waals surface area contributed by atoms with Crippen LogP contribution in [0.15, 0.2) is 6.07 Å². The molecule has 7 nitrogen and oxygen atoms in total. The number of phenolic OH excluding ortho intramolecular Hbond substituents is 1. The molecule has 0 spiro atoms. The standard InChI is InChI=1S/C9H11NO6/c1-14-5-4-6(15-2)9(16-3)7(8(5)11)10(12)13/h4,11H,1-3H3. The molecule has 0 aliphatic carbocycles. The number of phenols is 1. The summed E-state index contributed by atoms with van der Waals surface area (Å²) in [7, 11) is 3.86. The van der Waals surface area contributed by atoms with Crippen LogP contribution in [0.1, 0.15) is 0 Å². The van der Waals surface area contributed by atoms with Gasteiger partial charge in [-0.25, -0.2) is 0 Å². The number of benzene rings is 1. The van der Waals surface area contributed by atoms with Gasteiger partial charge in [-0.1, -0.05) is 0 Å². The van der Waals surface area contributed by atoms with Gasteiger partial charge in [-0.2, -0.15) is 0 Å². The zero-order chi connectivity index (χ0) is 12.3. The van der Waals surface area contributed by atoms with Crippen molar-refractivity contribution in [3.63, 3.8) is 0 Å². The van der Waals surface area contributed by atoms with Gasteiger partial charge in [0.25, 0.3) is 0 Å². The van der Waals surface area contributed by atoms with E-state index in [-0.39, 0.29) is 17.2 Å². The number of hydrogen-bond acceptors (Lipinski definition) is 6. The van der Waals surface area contributed by atoms with E-state index in [0.29, 0.717) is 0 Å². The lowest BCUT2D eigenvalue weighted by Crippen LogP contribution is -1.99. The van der Waals surface area contributed by atoms with Crippen LogP contribution >= 0.6 is 0 Å². The van der Waals surface area contributed by atoms with Crippen LogP contribution in [0.4, 0.5) is 5.69 Å². The summed E-state index contributed by atoms with van der Waals surface area (Å²) in [5.74, 6) is -0.677. The average Bonchev–Trinajstić information content (AvgIpc) is 2.27. The fraction of sp³-hybridized carbons (Fsp3) is 0.333. The van der Waals surface area contributed by atoms with Crippen molar-refractivity contribution < 1.29 is 24.2 Å². The number of nitrogens with zero attached hydrogens (tertiary/aromatic N) is 1. The van der Waals surface area contributed by atoms with Gasteiger partial charge in [-0.3, -0.25) is 10.1 Å². The molecule has 1 N–H and O–H groups in total. The fourth-order valence-electron chi connectivity index (χ4n) is 1.27. The number of hydrogen-bond donors (Lipinski definition) is 1. The maximum atomic E-state index is 10.8. The monoisotopic (exact) mass is 229 g/mol. The summed E-state index contributed by atoms with van der Waals surface area (Å²) in [5.41, 5.74) is -0.585. The van der Waals surface area contributed by atoms with E-state index in [2.05, 4.69) is 0 Å². The molecular weight excluding hydrogens is 218 g/mol. The van der Waals surface area contributed by atoms with Crippen molar-refractivity contribution >= 4 is 5.69 Å². The third-order valence-electron chi connectivity index (χ3n) is 1.99. The van der Waals surface area contributed by atoms with Crippen molar-refractivity contribution in [2.45, 2.75) is 0 Å². The van der Waals surface area contributed by atoms with Crippen molar-refractivity contribution in [3.05, 3.63) is 16.2 Å². The van der Waals surface area contributed by atoms with Crippen LogP contribution in [-0.4, -0.2) is 31.4 Å². The number of rotatable bonds is 4. The summed E-state index contributed by atoms with van der Waals surface area (Å²) in [6.07, 6.45) is 0. The molecule has 16 heavy (non-hydrogen) atoms. The van der Waals surface area contributed by atoms with Crippen LogP contribution in [0, 0.1) is 10.1 Å². The van der Waals surface area contributed by atoms with E-state index in [9.17, 15) is 15.2 Å². The Labute approximate surface area is 91.3 Å². The molecule has 1 aromatic carbocycles. The zero-order valence-electron chi connectivity index (χ0n) is 9.01. The molecule has 7 heteroatoms. The lowest BCUT2D eigenvalue weighted by molar-refractivity contribution is -0.386. The molecule has 1 aromatic rings. The second-order valence-electron chi connectivity index (χ2n) is 2.77. The summed E-state index contributed by atoms with van der Waals surface area (Å²) in [5, 5.41) is 20.4. The average molecular weight is 229 g/mol. The highest BCUT2D eigenvalue weighted by Gasteiger charge is 2.29. The van der Waals surface area contributed by atoms with Crippen LogP contribution in [0.3, 0.4) is 0 Å². The molecule has 0 aliphatic heterocycles. The summed E-state index contributed by atoms with van der Waals surface area (Å²) in [6, 6.07) is 1.31. The molecule has 0 radical (unpaired) electrons. The molecule has 88 valence electrons. The highest BCUT2D eigenvalue weighted by atomic mass is 16.6. The lowest BCUT2D eigenvalue weighted by atomic mass is 10.2. The summed E-state index contributed by atoms with van der Waals surface area (Å²) in [4.78, 5) is 10.0. The Morgan fingerprint density at radius 1 is 1.19 bits per heavy atom. The van der Waals surface area contributed by atoms with Gasteiger partial charge in [0.2, 0.25) is 11.5 Å².